The lowest BCUT2D eigenvalue weighted by molar-refractivity contribution is 0.298. The van der Waals surface area contributed by atoms with Crippen LogP contribution in [0.5, 0.6) is 0 Å². The number of fused-ring (bicyclic) bond motifs is 1. The van der Waals surface area contributed by atoms with Gasteiger partial charge in [0.2, 0.25) is 0 Å². The summed E-state index contributed by atoms with van der Waals surface area (Å²) in [5, 5.41) is 0. The summed E-state index contributed by atoms with van der Waals surface area (Å²) in [4.78, 5) is 2.59. The summed E-state index contributed by atoms with van der Waals surface area (Å²) in [6, 6.07) is 9.32. The third-order valence-corrected chi connectivity index (χ3v) is 4.48. The molecule has 1 aliphatic carbocycles. The Morgan fingerprint density at radius 1 is 1.29 bits per heavy atom. The topological polar surface area (TPSA) is 29.3 Å². The first-order valence-corrected chi connectivity index (χ1v) is 6.76. The second-order valence-electron chi connectivity index (χ2n) is 5.85. The van der Waals surface area contributed by atoms with E-state index in [1.165, 1.54) is 37.1 Å². The molecule has 0 amide bonds. The fourth-order valence-corrected chi connectivity index (χ4v) is 3.60. The van der Waals surface area contributed by atoms with Crippen LogP contribution in [-0.2, 0) is 6.54 Å². The predicted octanol–water partition coefficient (Wildman–Crippen LogP) is 2.16. The Bertz CT molecular complexity index is 402. The predicted molar refractivity (Wildman–Crippen MR) is 70.6 cm³/mol. The van der Waals surface area contributed by atoms with E-state index >= 15 is 0 Å². The lowest BCUT2D eigenvalue weighted by atomic mass is 9.98. The average molecular weight is 230 g/mol. The van der Waals surface area contributed by atoms with Crippen LogP contribution in [0.15, 0.2) is 24.3 Å². The van der Waals surface area contributed by atoms with Crippen molar-refractivity contribution in [3.63, 3.8) is 0 Å². The maximum atomic E-state index is 6.17. The Kier molecular flexibility index (Phi) is 2.93. The number of rotatable bonds is 2. The molecule has 1 saturated carbocycles. The Balaban J connectivity index is 1.64. The number of benzene rings is 1. The Hall–Kier alpha value is -0.860. The molecule has 0 spiro atoms. The van der Waals surface area contributed by atoms with Crippen LogP contribution < -0.4 is 5.73 Å². The van der Waals surface area contributed by atoms with E-state index in [9.17, 15) is 0 Å². The van der Waals surface area contributed by atoms with E-state index in [0.717, 1.165) is 18.4 Å². The SMILES string of the molecule is Cc1cccc(CN2CC3CCC(N)C3C2)c1. The molecule has 1 heterocycles. The number of likely N-dealkylation sites (tertiary alicyclic amines) is 1. The van der Waals surface area contributed by atoms with Gasteiger partial charge in [-0.2, -0.15) is 0 Å². The molecule has 1 aliphatic heterocycles. The zero-order valence-corrected chi connectivity index (χ0v) is 10.6. The standard InChI is InChI=1S/C15H22N2/c1-11-3-2-4-12(7-11)8-17-9-13-5-6-15(16)14(13)10-17/h2-4,7,13-15H,5-6,8-10,16H2,1H3. The molecule has 17 heavy (non-hydrogen) atoms. The molecule has 0 aromatic heterocycles. The lowest BCUT2D eigenvalue weighted by Crippen LogP contribution is -2.30. The minimum absolute atomic E-state index is 0.461. The van der Waals surface area contributed by atoms with E-state index in [-0.39, 0.29) is 0 Å². The minimum Gasteiger partial charge on any atom is -0.327 e. The van der Waals surface area contributed by atoms with Gasteiger partial charge in [0.05, 0.1) is 0 Å². The lowest BCUT2D eigenvalue weighted by Gasteiger charge is -2.18. The molecule has 92 valence electrons. The van der Waals surface area contributed by atoms with E-state index < -0.39 is 0 Å². The summed E-state index contributed by atoms with van der Waals surface area (Å²) in [6.07, 6.45) is 2.59. The van der Waals surface area contributed by atoms with Crippen molar-refractivity contribution in [3.05, 3.63) is 35.4 Å². The fraction of sp³-hybridized carbons (Fsp3) is 0.600. The second-order valence-corrected chi connectivity index (χ2v) is 5.85. The number of nitrogens with zero attached hydrogens (tertiary/aromatic N) is 1. The van der Waals surface area contributed by atoms with Gasteiger partial charge in [-0.15, -0.1) is 0 Å². The third kappa shape index (κ3) is 2.24. The van der Waals surface area contributed by atoms with E-state index in [1.54, 1.807) is 0 Å². The molecule has 2 N–H and O–H groups in total. The van der Waals surface area contributed by atoms with Crippen LogP contribution in [0.1, 0.15) is 24.0 Å². The van der Waals surface area contributed by atoms with Crippen molar-refractivity contribution in [2.75, 3.05) is 13.1 Å². The van der Waals surface area contributed by atoms with Gasteiger partial charge in [-0.1, -0.05) is 29.8 Å². The van der Waals surface area contributed by atoms with Gasteiger partial charge in [-0.3, -0.25) is 4.90 Å². The van der Waals surface area contributed by atoms with Crippen LogP contribution >= 0.6 is 0 Å². The summed E-state index contributed by atoms with van der Waals surface area (Å²) < 4.78 is 0. The minimum atomic E-state index is 0.461. The Labute approximate surface area is 104 Å². The van der Waals surface area contributed by atoms with Crippen LogP contribution in [0.3, 0.4) is 0 Å². The van der Waals surface area contributed by atoms with Gasteiger partial charge in [0.25, 0.3) is 0 Å². The zero-order chi connectivity index (χ0) is 11.8. The molecule has 2 nitrogen and oxygen atoms in total. The van der Waals surface area contributed by atoms with Crippen molar-refractivity contribution in [2.45, 2.75) is 32.4 Å². The van der Waals surface area contributed by atoms with Gasteiger partial charge < -0.3 is 5.73 Å². The second kappa shape index (κ2) is 4.43. The normalized spacial score (nSPS) is 32.9. The highest BCUT2D eigenvalue weighted by molar-refractivity contribution is 5.22. The number of hydrogen-bond donors (Lipinski definition) is 1. The fourth-order valence-electron chi connectivity index (χ4n) is 3.60. The van der Waals surface area contributed by atoms with Crippen LogP contribution in [-0.4, -0.2) is 24.0 Å². The molecule has 2 aliphatic rings. The van der Waals surface area contributed by atoms with Crippen LogP contribution in [0.25, 0.3) is 0 Å². The van der Waals surface area contributed by atoms with E-state index in [4.69, 9.17) is 5.73 Å². The molecule has 2 heteroatoms. The maximum Gasteiger partial charge on any atom is 0.0234 e. The zero-order valence-electron chi connectivity index (χ0n) is 10.6. The van der Waals surface area contributed by atoms with Crippen molar-refractivity contribution in [1.82, 2.24) is 4.90 Å². The van der Waals surface area contributed by atoms with Crippen molar-refractivity contribution >= 4 is 0 Å². The van der Waals surface area contributed by atoms with Crippen LogP contribution in [0.4, 0.5) is 0 Å². The highest BCUT2D eigenvalue weighted by atomic mass is 15.2. The number of hydrogen-bond acceptors (Lipinski definition) is 2. The summed E-state index contributed by atoms with van der Waals surface area (Å²) >= 11 is 0. The summed E-state index contributed by atoms with van der Waals surface area (Å²) in [7, 11) is 0. The smallest absolute Gasteiger partial charge is 0.0234 e. The number of aryl methyl sites for hydroxylation is 1. The van der Waals surface area contributed by atoms with Crippen molar-refractivity contribution in [2.24, 2.45) is 17.6 Å². The van der Waals surface area contributed by atoms with Crippen LogP contribution in [0.2, 0.25) is 0 Å². The van der Waals surface area contributed by atoms with Crippen molar-refractivity contribution < 1.29 is 0 Å². The maximum absolute atomic E-state index is 6.17. The summed E-state index contributed by atoms with van der Waals surface area (Å²) in [5.41, 5.74) is 8.98. The van der Waals surface area contributed by atoms with Gasteiger partial charge in [0.15, 0.2) is 0 Å². The highest BCUT2D eigenvalue weighted by Gasteiger charge is 2.40. The molecule has 1 aromatic carbocycles. The van der Waals surface area contributed by atoms with Crippen molar-refractivity contribution in [3.8, 4) is 0 Å². The Morgan fingerprint density at radius 2 is 2.18 bits per heavy atom. The summed E-state index contributed by atoms with van der Waals surface area (Å²) in [6.45, 7) is 5.73. The molecule has 3 rings (SSSR count). The van der Waals surface area contributed by atoms with E-state index in [2.05, 4.69) is 36.1 Å². The Morgan fingerprint density at radius 3 is 2.94 bits per heavy atom. The molecule has 3 unspecified atom stereocenters. The van der Waals surface area contributed by atoms with Gasteiger partial charge in [-0.25, -0.2) is 0 Å². The molecule has 0 bridgehead atoms. The average Bonchev–Trinajstić information content (AvgIpc) is 2.82. The molecule has 2 fully saturated rings. The molecular weight excluding hydrogens is 208 g/mol. The highest BCUT2D eigenvalue weighted by Crippen LogP contribution is 2.37. The molecule has 0 radical (unpaired) electrons. The van der Waals surface area contributed by atoms with Gasteiger partial charge in [0.1, 0.15) is 0 Å². The first kappa shape index (κ1) is 11.2. The first-order chi connectivity index (χ1) is 8.22. The summed E-state index contributed by atoms with van der Waals surface area (Å²) in [5.74, 6) is 1.63. The first-order valence-electron chi connectivity index (χ1n) is 6.76. The van der Waals surface area contributed by atoms with Gasteiger partial charge >= 0.3 is 0 Å². The molecule has 1 aromatic rings. The molecule has 1 saturated heterocycles. The van der Waals surface area contributed by atoms with Gasteiger partial charge in [-0.05, 0) is 37.2 Å². The van der Waals surface area contributed by atoms with Crippen LogP contribution in [0, 0.1) is 18.8 Å². The number of nitrogens with two attached hydrogens (primary N) is 1. The molecule has 3 atom stereocenters. The monoisotopic (exact) mass is 230 g/mol. The van der Waals surface area contributed by atoms with E-state index in [0.29, 0.717) is 6.04 Å². The third-order valence-electron chi connectivity index (χ3n) is 4.48. The van der Waals surface area contributed by atoms with Gasteiger partial charge in [0, 0.05) is 25.7 Å². The van der Waals surface area contributed by atoms with E-state index in [1.807, 2.05) is 0 Å². The van der Waals surface area contributed by atoms with Crippen molar-refractivity contribution in [1.29, 1.82) is 0 Å². The quantitative estimate of drug-likeness (QED) is 0.843. The molecular formula is C15H22N2. The largest absolute Gasteiger partial charge is 0.327 e.